The largest absolute Gasteiger partial charge is 0.496 e. The molecule has 2 atom stereocenters. The molecule has 4 nitrogen and oxygen atoms in total. The van der Waals surface area contributed by atoms with Crippen molar-refractivity contribution < 1.29 is 9.53 Å². The topological polar surface area (TPSA) is 51.2 Å². The molecule has 2 heterocycles. The second kappa shape index (κ2) is 7.89. The molecular formula is C29H24N2O2. The fourth-order valence-electron chi connectivity index (χ4n) is 5.46. The second-order valence-corrected chi connectivity index (χ2v) is 8.73. The molecule has 2 aliphatic rings. The van der Waals surface area contributed by atoms with Gasteiger partial charge in [0.25, 0.3) is 0 Å². The van der Waals surface area contributed by atoms with Crippen LogP contribution in [0.15, 0.2) is 96.3 Å². The maximum Gasteiger partial charge on any atom is 0.162 e. The van der Waals surface area contributed by atoms with Gasteiger partial charge in [-0.1, -0.05) is 54.6 Å². The number of para-hydroxylation sites is 1. The third kappa shape index (κ3) is 3.21. The molecule has 0 amide bonds. The van der Waals surface area contributed by atoms with Crippen LogP contribution in [-0.2, 0) is 4.79 Å². The van der Waals surface area contributed by atoms with Crippen molar-refractivity contribution in [3.8, 4) is 5.75 Å². The quantitative estimate of drug-likeness (QED) is 0.419. The summed E-state index contributed by atoms with van der Waals surface area (Å²) in [6.45, 7) is 0. The Kier molecular flexibility index (Phi) is 4.72. The monoisotopic (exact) mass is 432 g/mol. The number of rotatable bonds is 3. The summed E-state index contributed by atoms with van der Waals surface area (Å²) in [6, 6.07) is 26.6. The number of carbonyl (C=O) groups is 1. The molecule has 1 aromatic heterocycles. The van der Waals surface area contributed by atoms with Gasteiger partial charge >= 0.3 is 0 Å². The Balaban J connectivity index is 1.58. The number of carbonyl (C=O) groups excluding carboxylic acids is 1. The predicted octanol–water partition coefficient (Wildman–Crippen LogP) is 6.20. The molecule has 4 heteroatoms. The van der Waals surface area contributed by atoms with Crippen molar-refractivity contribution in [1.82, 2.24) is 4.98 Å². The van der Waals surface area contributed by atoms with Crippen molar-refractivity contribution in [2.75, 3.05) is 12.4 Å². The average molecular weight is 433 g/mol. The van der Waals surface area contributed by atoms with Gasteiger partial charge in [0.1, 0.15) is 5.75 Å². The van der Waals surface area contributed by atoms with Gasteiger partial charge in [0.15, 0.2) is 5.78 Å². The van der Waals surface area contributed by atoms with E-state index in [4.69, 9.17) is 4.74 Å². The molecule has 3 aromatic carbocycles. The Bertz CT molecular complexity index is 1410. The molecule has 1 N–H and O–H groups in total. The maximum atomic E-state index is 13.8. The van der Waals surface area contributed by atoms with Crippen LogP contribution in [0.5, 0.6) is 5.75 Å². The molecule has 33 heavy (non-hydrogen) atoms. The number of hydrogen-bond donors (Lipinski definition) is 1. The Morgan fingerprint density at radius 1 is 0.909 bits per heavy atom. The van der Waals surface area contributed by atoms with E-state index in [1.165, 1.54) is 5.56 Å². The van der Waals surface area contributed by atoms with Crippen molar-refractivity contribution in [2.45, 2.75) is 24.7 Å². The van der Waals surface area contributed by atoms with Crippen molar-refractivity contribution in [3.05, 3.63) is 113 Å². The van der Waals surface area contributed by atoms with E-state index in [-0.39, 0.29) is 17.6 Å². The SMILES string of the molecule is COc1ccccc1[C@@H]1C2=C(C[C@H](c3ccccc3)CC2=O)Nc2ccc3ncccc3c21. The molecule has 162 valence electrons. The van der Waals surface area contributed by atoms with E-state index in [0.717, 1.165) is 51.2 Å². The third-order valence-electron chi connectivity index (χ3n) is 6.92. The first-order chi connectivity index (χ1) is 16.2. The summed E-state index contributed by atoms with van der Waals surface area (Å²) in [4.78, 5) is 18.4. The first-order valence-electron chi connectivity index (χ1n) is 11.3. The fraction of sp³-hybridized carbons (Fsp3) is 0.172. The van der Waals surface area contributed by atoms with Gasteiger partial charge in [0.2, 0.25) is 0 Å². The number of allylic oxidation sites excluding steroid dienone is 2. The Morgan fingerprint density at radius 2 is 1.73 bits per heavy atom. The molecule has 1 aliphatic carbocycles. The van der Waals surface area contributed by atoms with E-state index < -0.39 is 0 Å². The van der Waals surface area contributed by atoms with E-state index in [1.807, 2.05) is 54.7 Å². The van der Waals surface area contributed by atoms with Gasteiger partial charge in [-0.15, -0.1) is 0 Å². The molecular weight excluding hydrogens is 408 g/mol. The number of nitrogens with zero attached hydrogens (tertiary/aromatic N) is 1. The van der Waals surface area contributed by atoms with Gasteiger partial charge in [-0.05, 0) is 47.7 Å². The van der Waals surface area contributed by atoms with Gasteiger partial charge < -0.3 is 10.1 Å². The van der Waals surface area contributed by atoms with Crippen LogP contribution in [0.3, 0.4) is 0 Å². The molecule has 0 saturated heterocycles. The van der Waals surface area contributed by atoms with Crippen LogP contribution >= 0.6 is 0 Å². The second-order valence-electron chi connectivity index (χ2n) is 8.73. The highest BCUT2D eigenvalue weighted by molar-refractivity contribution is 6.04. The lowest BCUT2D eigenvalue weighted by atomic mass is 9.71. The summed E-state index contributed by atoms with van der Waals surface area (Å²) in [6.07, 6.45) is 3.12. The summed E-state index contributed by atoms with van der Waals surface area (Å²) in [7, 11) is 1.69. The van der Waals surface area contributed by atoms with E-state index in [0.29, 0.717) is 6.42 Å². The smallest absolute Gasteiger partial charge is 0.162 e. The lowest BCUT2D eigenvalue weighted by Crippen LogP contribution is -2.30. The Hall–Kier alpha value is -3.92. The zero-order chi connectivity index (χ0) is 22.4. The number of Topliss-reactive ketones (excluding diaryl/α,β-unsaturated/α-hetero) is 1. The van der Waals surface area contributed by atoms with Crippen LogP contribution in [0.1, 0.15) is 41.4 Å². The zero-order valence-electron chi connectivity index (χ0n) is 18.4. The maximum absolute atomic E-state index is 13.8. The summed E-state index contributed by atoms with van der Waals surface area (Å²) < 4.78 is 5.76. The number of fused-ring (bicyclic) bond motifs is 3. The van der Waals surface area contributed by atoms with Crippen molar-refractivity contribution in [1.29, 1.82) is 0 Å². The van der Waals surface area contributed by atoms with Crippen LogP contribution in [0.2, 0.25) is 0 Å². The van der Waals surface area contributed by atoms with Crippen LogP contribution in [0.25, 0.3) is 10.9 Å². The van der Waals surface area contributed by atoms with Crippen LogP contribution in [0.4, 0.5) is 5.69 Å². The highest BCUT2D eigenvalue weighted by atomic mass is 16.5. The standard InChI is InChI=1S/C29H24N2O2/c1-33-26-12-6-5-10-21(26)28-27-20-11-7-15-30-22(20)13-14-23(27)31-24-16-19(17-25(32)29(24)28)18-8-3-2-4-9-18/h2-15,19,28,31H,16-17H2,1H3/t19-,28-/m0/s1. The molecule has 1 aliphatic heterocycles. The number of nitrogens with one attached hydrogen (secondary N) is 1. The Morgan fingerprint density at radius 3 is 2.58 bits per heavy atom. The summed E-state index contributed by atoms with van der Waals surface area (Å²) in [5.41, 5.74) is 7.15. The first kappa shape index (κ1) is 19.7. The minimum absolute atomic E-state index is 0.173. The molecule has 4 aromatic rings. The number of aromatic nitrogens is 1. The Labute approximate surface area is 192 Å². The molecule has 0 spiro atoms. The van der Waals surface area contributed by atoms with Crippen molar-refractivity contribution >= 4 is 22.4 Å². The molecule has 0 radical (unpaired) electrons. The molecule has 0 unspecified atom stereocenters. The highest BCUT2D eigenvalue weighted by Crippen LogP contribution is 2.51. The van der Waals surface area contributed by atoms with E-state index in [1.54, 1.807) is 7.11 Å². The number of hydrogen-bond acceptors (Lipinski definition) is 4. The van der Waals surface area contributed by atoms with E-state index >= 15 is 0 Å². The van der Waals surface area contributed by atoms with Crippen LogP contribution in [-0.4, -0.2) is 17.9 Å². The van der Waals surface area contributed by atoms with E-state index in [9.17, 15) is 4.79 Å². The number of benzene rings is 3. The lowest BCUT2D eigenvalue weighted by Gasteiger charge is -2.37. The molecule has 0 bridgehead atoms. The fourth-order valence-corrected chi connectivity index (χ4v) is 5.46. The normalized spacial score (nSPS) is 19.6. The van der Waals surface area contributed by atoms with E-state index in [2.05, 4.69) is 40.6 Å². The van der Waals surface area contributed by atoms with Crippen molar-refractivity contribution in [3.63, 3.8) is 0 Å². The summed E-state index contributed by atoms with van der Waals surface area (Å²) in [5.74, 6) is 0.956. The molecule has 0 saturated carbocycles. The minimum atomic E-state index is -0.204. The number of methoxy groups -OCH3 is 1. The predicted molar refractivity (Wildman–Crippen MR) is 131 cm³/mol. The zero-order valence-corrected chi connectivity index (χ0v) is 18.4. The number of pyridine rings is 1. The summed E-state index contributed by atoms with van der Waals surface area (Å²) >= 11 is 0. The highest BCUT2D eigenvalue weighted by Gasteiger charge is 2.40. The number of anilines is 1. The van der Waals surface area contributed by atoms with Gasteiger partial charge in [-0.3, -0.25) is 9.78 Å². The molecule has 6 rings (SSSR count). The first-order valence-corrected chi connectivity index (χ1v) is 11.3. The average Bonchev–Trinajstić information content (AvgIpc) is 2.87. The molecule has 0 fully saturated rings. The lowest BCUT2D eigenvalue weighted by molar-refractivity contribution is -0.116. The van der Waals surface area contributed by atoms with Gasteiger partial charge in [0.05, 0.1) is 12.6 Å². The van der Waals surface area contributed by atoms with Gasteiger partial charge in [-0.25, -0.2) is 0 Å². The number of ether oxygens (including phenoxy) is 1. The number of ketones is 1. The van der Waals surface area contributed by atoms with Gasteiger partial charge in [0, 0.05) is 46.4 Å². The third-order valence-corrected chi connectivity index (χ3v) is 6.92. The van der Waals surface area contributed by atoms with Gasteiger partial charge in [-0.2, -0.15) is 0 Å². The van der Waals surface area contributed by atoms with Crippen LogP contribution < -0.4 is 10.1 Å². The van der Waals surface area contributed by atoms with Crippen LogP contribution in [0, 0.1) is 0 Å². The minimum Gasteiger partial charge on any atom is -0.496 e. The van der Waals surface area contributed by atoms with Crippen molar-refractivity contribution in [2.24, 2.45) is 0 Å². The summed E-state index contributed by atoms with van der Waals surface area (Å²) in [5, 5.41) is 4.71.